The summed E-state index contributed by atoms with van der Waals surface area (Å²) in [6, 6.07) is 34.0. The van der Waals surface area contributed by atoms with Gasteiger partial charge in [-0.1, -0.05) is 72.8 Å². The molecule has 0 saturated carbocycles. The highest BCUT2D eigenvalue weighted by Crippen LogP contribution is 2.43. The number of anilines is 2. The predicted octanol–water partition coefficient (Wildman–Crippen LogP) is 7.49. The van der Waals surface area contributed by atoms with E-state index >= 15 is 0 Å². The van der Waals surface area contributed by atoms with E-state index in [1.54, 1.807) is 0 Å². The lowest BCUT2D eigenvalue weighted by Crippen LogP contribution is -2.08. The summed E-state index contributed by atoms with van der Waals surface area (Å²) in [7, 11) is 8.26. The largest absolute Gasteiger partial charge is 0.456 e. The first kappa shape index (κ1) is 22.5. The van der Waals surface area contributed by atoms with E-state index in [1.807, 2.05) is 24.3 Å². The van der Waals surface area contributed by atoms with Crippen LogP contribution in [0.5, 0.6) is 11.5 Å². The molecule has 1 aliphatic rings. The summed E-state index contributed by atoms with van der Waals surface area (Å²) in [4.78, 5) is 4.24. The third-order valence-corrected chi connectivity index (χ3v) is 6.38. The number of ether oxygens (including phenoxy) is 1. The van der Waals surface area contributed by atoms with Gasteiger partial charge in [-0.05, 0) is 58.7 Å². The van der Waals surface area contributed by atoms with Gasteiger partial charge in [0, 0.05) is 50.7 Å². The van der Waals surface area contributed by atoms with Gasteiger partial charge in [0.2, 0.25) is 0 Å². The summed E-state index contributed by atoms with van der Waals surface area (Å²) in [5.41, 5.74) is 9.27. The molecule has 0 N–H and O–H groups in total. The molecule has 174 valence electrons. The van der Waals surface area contributed by atoms with Crippen LogP contribution in [0, 0.1) is 0 Å². The molecule has 0 saturated heterocycles. The van der Waals surface area contributed by atoms with E-state index < -0.39 is 0 Å². The highest BCUT2D eigenvalue weighted by molar-refractivity contribution is 5.91. The maximum atomic E-state index is 6.18. The zero-order valence-electron chi connectivity index (χ0n) is 20.7. The molecule has 0 amide bonds. The van der Waals surface area contributed by atoms with Gasteiger partial charge in [0.05, 0.1) is 0 Å². The van der Waals surface area contributed by atoms with Gasteiger partial charge in [-0.2, -0.15) is 0 Å². The molecule has 4 aromatic carbocycles. The molecule has 35 heavy (non-hydrogen) atoms. The minimum Gasteiger partial charge on any atom is -0.456 e. The lowest BCUT2D eigenvalue weighted by molar-refractivity contribution is 0.474. The fraction of sp³-hybridized carbons (Fsp3) is 0.125. The van der Waals surface area contributed by atoms with E-state index in [-0.39, 0.29) is 0 Å². The number of benzene rings is 4. The monoisotopic (exact) mass is 458 g/mol. The fourth-order valence-electron chi connectivity index (χ4n) is 4.40. The van der Waals surface area contributed by atoms with Crippen LogP contribution in [0.15, 0.2) is 109 Å². The Hall–Kier alpha value is -4.24. The normalized spacial score (nSPS) is 11.6. The maximum absolute atomic E-state index is 6.18. The molecule has 1 aliphatic heterocycles. The number of nitrogens with zero attached hydrogens (tertiary/aromatic N) is 2. The Morgan fingerprint density at radius 1 is 0.571 bits per heavy atom. The maximum Gasteiger partial charge on any atom is 0.135 e. The molecular formula is C32H30N2O. The van der Waals surface area contributed by atoms with E-state index in [2.05, 4.69) is 123 Å². The minimum absolute atomic E-state index is 0.887. The van der Waals surface area contributed by atoms with Crippen molar-refractivity contribution in [3.8, 4) is 11.5 Å². The van der Waals surface area contributed by atoms with E-state index in [1.165, 1.54) is 28.1 Å². The van der Waals surface area contributed by atoms with E-state index in [0.29, 0.717) is 0 Å². The van der Waals surface area contributed by atoms with Crippen molar-refractivity contribution < 1.29 is 4.74 Å². The van der Waals surface area contributed by atoms with Gasteiger partial charge in [-0.3, -0.25) is 0 Å². The number of allylic oxidation sites excluding steroid dienone is 2. The number of fused-ring (bicyclic) bond motifs is 2. The van der Waals surface area contributed by atoms with Gasteiger partial charge in [0.15, 0.2) is 0 Å². The summed E-state index contributed by atoms with van der Waals surface area (Å²) in [6.07, 6.45) is 4.47. The van der Waals surface area contributed by atoms with E-state index in [4.69, 9.17) is 4.74 Å². The second-order valence-electron chi connectivity index (χ2n) is 9.14. The molecule has 0 aromatic heterocycles. The average Bonchev–Trinajstić information content (AvgIpc) is 2.88. The van der Waals surface area contributed by atoms with Crippen molar-refractivity contribution in [1.82, 2.24) is 0 Å². The molecule has 3 nitrogen and oxygen atoms in total. The van der Waals surface area contributed by atoms with Crippen LogP contribution in [0.4, 0.5) is 11.4 Å². The third-order valence-electron chi connectivity index (χ3n) is 6.38. The highest BCUT2D eigenvalue weighted by Gasteiger charge is 2.20. The van der Waals surface area contributed by atoms with Crippen molar-refractivity contribution >= 4 is 22.5 Å². The zero-order valence-corrected chi connectivity index (χ0v) is 20.7. The lowest BCUT2D eigenvalue weighted by atomic mass is 9.91. The van der Waals surface area contributed by atoms with Crippen LogP contribution in [0.25, 0.3) is 11.1 Å². The van der Waals surface area contributed by atoms with Crippen molar-refractivity contribution in [2.45, 2.75) is 0 Å². The van der Waals surface area contributed by atoms with Crippen LogP contribution >= 0.6 is 0 Å². The van der Waals surface area contributed by atoms with Crippen molar-refractivity contribution in [2.75, 3.05) is 38.0 Å². The van der Waals surface area contributed by atoms with Crippen LogP contribution < -0.4 is 14.5 Å². The van der Waals surface area contributed by atoms with Crippen LogP contribution in [-0.2, 0) is 0 Å². The summed E-state index contributed by atoms with van der Waals surface area (Å²) in [5, 5.41) is 0. The molecule has 0 radical (unpaired) electrons. The van der Waals surface area contributed by atoms with Crippen LogP contribution in [-0.4, -0.2) is 28.2 Å². The number of hydrogen-bond donors (Lipinski definition) is 0. The lowest BCUT2D eigenvalue weighted by Gasteiger charge is -2.22. The van der Waals surface area contributed by atoms with Crippen LogP contribution in [0.3, 0.4) is 0 Å². The Bertz CT molecular complexity index is 1290. The van der Waals surface area contributed by atoms with Gasteiger partial charge >= 0.3 is 0 Å². The zero-order chi connectivity index (χ0) is 24.4. The Labute approximate surface area is 208 Å². The topological polar surface area (TPSA) is 15.7 Å². The minimum atomic E-state index is 0.887. The summed E-state index contributed by atoms with van der Waals surface area (Å²) in [5.74, 6) is 1.77. The van der Waals surface area contributed by atoms with E-state index in [0.717, 1.165) is 28.2 Å². The molecule has 4 aromatic rings. The number of hydrogen-bond acceptors (Lipinski definition) is 3. The first-order chi connectivity index (χ1) is 17.0. The summed E-state index contributed by atoms with van der Waals surface area (Å²) < 4.78 is 6.18. The van der Waals surface area contributed by atoms with Gasteiger partial charge in [-0.15, -0.1) is 0 Å². The van der Waals surface area contributed by atoms with Gasteiger partial charge in [-0.25, -0.2) is 0 Å². The second-order valence-corrected chi connectivity index (χ2v) is 9.14. The quantitative estimate of drug-likeness (QED) is 0.271. The molecule has 0 spiro atoms. The van der Waals surface area contributed by atoms with E-state index in [9.17, 15) is 0 Å². The average molecular weight is 459 g/mol. The standard InChI is InChI=1S/C32H30N2O/c1-33(2)25-17-13-23(14-18-25)27(24-15-19-26(20-16-24)34(3)4)21-22-28-29-9-5-7-11-31(29)35-32-12-8-6-10-30(28)32/h5-22H,1-4H3. The first-order valence-corrected chi connectivity index (χ1v) is 11.9. The molecule has 0 atom stereocenters. The Morgan fingerprint density at radius 2 is 1.00 bits per heavy atom. The van der Waals surface area contributed by atoms with Gasteiger partial charge < -0.3 is 14.5 Å². The molecule has 3 heteroatoms. The molecule has 0 aliphatic carbocycles. The Balaban J connectivity index is 1.66. The number of para-hydroxylation sites is 2. The van der Waals surface area contributed by atoms with Gasteiger partial charge in [0.25, 0.3) is 0 Å². The van der Waals surface area contributed by atoms with Crippen molar-refractivity contribution in [3.05, 3.63) is 131 Å². The SMILES string of the molecule is CN(C)c1ccc(C(=CC=C2c3ccccc3Oc3ccccc32)c2ccc(N(C)C)cc2)cc1. The van der Waals surface area contributed by atoms with Crippen molar-refractivity contribution in [3.63, 3.8) is 0 Å². The highest BCUT2D eigenvalue weighted by atomic mass is 16.5. The molecule has 0 bridgehead atoms. The first-order valence-electron chi connectivity index (χ1n) is 11.9. The summed E-state index contributed by atoms with van der Waals surface area (Å²) >= 11 is 0. The van der Waals surface area contributed by atoms with Crippen LogP contribution in [0.1, 0.15) is 22.3 Å². The third kappa shape index (κ3) is 4.58. The number of rotatable bonds is 5. The Morgan fingerprint density at radius 3 is 1.43 bits per heavy atom. The molecule has 0 unspecified atom stereocenters. The summed E-state index contributed by atoms with van der Waals surface area (Å²) in [6.45, 7) is 0. The molecule has 0 fully saturated rings. The van der Waals surface area contributed by atoms with Crippen molar-refractivity contribution in [1.29, 1.82) is 0 Å². The fourth-order valence-corrected chi connectivity index (χ4v) is 4.40. The second kappa shape index (κ2) is 9.55. The predicted molar refractivity (Wildman–Crippen MR) is 149 cm³/mol. The molecular weight excluding hydrogens is 428 g/mol. The molecule has 1 heterocycles. The van der Waals surface area contributed by atoms with Crippen molar-refractivity contribution in [2.24, 2.45) is 0 Å². The van der Waals surface area contributed by atoms with Gasteiger partial charge in [0.1, 0.15) is 11.5 Å². The smallest absolute Gasteiger partial charge is 0.135 e. The Kier molecular flexibility index (Phi) is 6.15. The molecule has 5 rings (SSSR count). The van der Waals surface area contributed by atoms with Crippen LogP contribution in [0.2, 0.25) is 0 Å².